The Morgan fingerprint density at radius 2 is 0.489 bits per heavy atom. The largest absolute Gasteiger partial charge is 0.493 e. The van der Waals surface area contributed by atoms with E-state index in [9.17, 15) is 0 Å². The molecule has 2 heterocycles. The number of benzene rings is 7. The standard InChI is InChI=1S/C86H113BrO6S/c1-26-88-73-52-30-53-37-67(81(8,9)10)41-57(74(53)89-27-2)33-62-46-71(85(20,21)22)47-63-35-59-43-69(83(14,15)16)39-55(76(59)91-29-4)31-54-38-68(82(11,12)13)42-58(75(54)90-28-3)34-61-45-70(84(17,18)19)44-60(32-56(73)40-66(36-52)80(5,6)7)77(61)92-50-64-48-72(87)49-65(51-93-78(62)63)79(64)94-86(23,24)25/h36-49H,26-35,50-51H2,1-25H3. The lowest BCUT2D eigenvalue weighted by atomic mass is 9.79. The molecule has 0 amide bonds. The quantitative estimate of drug-likeness (QED) is 0.134. The average molecular weight is 1350 g/mol. The number of halogens is 1. The Balaban J connectivity index is 1.56. The molecule has 0 spiro atoms. The van der Waals surface area contributed by atoms with Crippen molar-refractivity contribution < 1.29 is 28.4 Å². The molecule has 0 N–H and O–H groups in total. The summed E-state index contributed by atoms with van der Waals surface area (Å²) >= 11 is 5.99. The molecule has 2 aliphatic heterocycles. The zero-order valence-corrected chi connectivity index (χ0v) is 64.7. The van der Waals surface area contributed by atoms with Gasteiger partial charge in [-0.05, 0) is 172 Å². The smallest absolute Gasteiger partial charge is 0.126 e. The van der Waals surface area contributed by atoms with Gasteiger partial charge in [0.2, 0.25) is 0 Å². The molecular weight excluding hydrogens is 1240 g/mol. The first-order chi connectivity index (χ1) is 43.7. The van der Waals surface area contributed by atoms with E-state index < -0.39 is 0 Å². The van der Waals surface area contributed by atoms with E-state index >= 15 is 0 Å². The number of rotatable bonds is 9. The Labute approximate surface area is 580 Å². The van der Waals surface area contributed by atoms with Crippen LogP contribution in [0.3, 0.4) is 0 Å². The topological polar surface area (TPSA) is 55.4 Å². The zero-order chi connectivity index (χ0) is 69.0. The van der Waals surface area contributed by atoms with E-state index in [0.29, 0.717) is 78.2 Å². The lowest BCUT2D eigenvalue weighted by molar-refractivity contribution is 0.287. The van der Waals surface area contributed by atoms with Gasteiger partial charge in [-0.25, -0.2) is 0 Å². The van der Waals surface area contributed by atoms with Crippen LogP contribution in [-0.2, 0) is 84.2 Å². The first kappa shape index (κ1) is 72.4. The molecule has 6 nitrogen and oxygen atoms in total. The Morgan fingerprint density at radius 1 is 0.298 bits per heavy atom. The lowest BCUT2D eigenvalue weighted by Gasteiger charge is -2.30. The van der Waals surface area contributed by atoms with Gasteiger partial charge in [-0.1, -0.05) is 234 Å². The highest BCUT2D eigenvalue weighted by Gasteiger charge is 2.33. The van der Waals surface area contributed by atoms with E-state index in [1.54, 1.807) is 0 Å². The van der Waals surface area contributed by atoms with Crippen LogP contribution in [0, 0.1) is 0 Å². The molecule has 0 fully saturated rings. The Kier molecular flexibility index (Phi) is 21.3. The Bertz CT molecular complexity index is 3490. The summed E-state index contributed by atoms with van der Waals surface area (Å²) < 4.78 is 45.0. The van der Waals surface area contributed by atoms with Crippen LogP contribution in [0.4, 0.5) is 0 Å². The summed E-state index contributed by atoms with van der Waals surface area (Å²) in [6, 6.07) is 33.7. The number of hydrogen-bond acceptors (Lipinski definition) is 7. The normalized spacial score (nSPS) is 14.3. The average Bonchev–Trinajstić information content (AvgIpc) is 0.772. The highest BCUT2D eigenvalue weighted by atomic mass is 79.9. The maximum atomic E-state index is 7.83. The summed E-state index contributed by atoms with van der Waals surface area (Å²) in [6.07, 6.45) is 3.47. The van der Waals surface area contributed by atoms with E-state index in [1.165, 1.54) is 33.4 Å². The van der Waals surface area contributed by atoms with Crippen LogP contribution in [-0.4, -0.2) is 31.2 Å². The minimum Gasteiger partial charge on any atom is -0.493 e. The molecule has 0 saturated heterocycles. The summed E-state index contributed by atoms with van der Waals surface area (Å²) in [5.41, 5.74) is 22.0. The zero-order valence-electron chi connectivity index (χ0n) is 62.3. The van der Waals surface area contributed by atoms with Gasteiger partial charge in [0, 0.05) is 63.8 Å². The van der Waals surface area contributed by atoms with Crippen molar-refractivity contribution in [2.24, 2.45) is 0 Å². The highest BCUT2D eigenvalue weighted by Crippen LogP contribution is 2.48. The second-order valence-electron chi connectivity index (χ2n) is 33.9. The molecule has 8 heteroatoms. The van der Waals surface area contributed by atoms with Gasteiger partial charge in [0.1, 0.15) is 47.7 Å². The van der Waals surface area contributed by atoms with Crippen LogP contribution < -0.4 is 28.4 Å². The van der Waals surface area contributed by atoms with Gasteiger partial charge in [0.05, 0.1) is 26.4 Å². The molecule has 94 heavy (non-hydrogen) atoms. The Morgan fingerprint density at radius 3 is 0.670 bits per heavy atom. The van der Waals surface area contributed by atoms with Crippen LogP contribution in [0.5, 0.6) is 34.5 Å². The highest BCUT2D eigenvalue weighted by molar-refractivity contribution is 9.10. The van der Waals surface area contributed by atoms with Gasteiger partial charge in [-0.3, -0.25) is 0 Å². The maximum Gasteiger partial charge on any atom is 0.126 e. The number of ether oxygens (including phenoxy) is 6. The van der Waals surface area contributed by atoms with Gasteiger partial charge in [0.15, 0.2) is 0 Å². The molecule has 9 rings (SSSR count). The first-order valence-corrected chi connectivity index (χ1v) is 36.5. The van der Waals surface area contributed by atoms with E-state index in [4.69, 9.17) is 28.4 Å². The van der Waals surface area contributed by atoms with Crippen LogP contribution in [0.15, 0.2) is 94.3 Å². The Hall–Kier alpha value is -5.83. The van der Waals surface area contributed by atoms with Crippen molar-refractivity contribution in [1.29, 1.82) is 0 Å². The minimum atomic E-state index is -0.222. The lowest BCUT2D eigenvalue weighted by Crippen LogP contribution is -2.18. The van der Waals surface area contributed by atoms with E-state index in [-0.39, 0.29) is 37.2 Å². The maximum absolute atomic E-state index is 7.83. The number of fused-ring (bicyclic) bond motifs is 10. The summed E-state index contributed by atoms with van der Waals surface area (Å²) in [4.78, 5) is 1.16. The van der Waals surface area contributed by atoms with Crippen LogP contribution in [0.2, 0.25) is 0 Å². The summed E-state index contributed by atoms with van der Waals surface area (Å²) in [5.74, 6) is 5.44. The second kappa shape index (κ2) is 27.6. The molecular formula is C86H113BrO6S. The molecule has 506 valence electrons. The van der Waals surface area contributed by atoms with Crippen molar-refractivity contribution in [2.45, 2.75) is 267 Å². The summed E-state index contributed by atoms with van der Waals surface area (Å²) in [7, 11) is 0. The monoisotopic (exact) mass is 1350 g/mol. The van der Waals surface area contributed by atoms with Crippen LogP contribution in [0.25, 0.3) is 0 Å². The van der Waals surface area contributed by atoms with Gasteiger partial charge in [-0.15, -0.1) is 11.8 Å². The van der Waals surface area contributed by atoms with Crippen molar-refractivity contribution in [1.82, 2.24) is 0 Å². The molecule has 0 saturated carbocycles. The van der Waals surface area contributed by atoms with Gasteiger partial charge >= 0.3 is 0 Å². The third-order valence-electron chi connectivity index (χ3n) is 18.5. The first-order valence-electron chi connectivity index (χ1n) is 34.9. The molecule has 7 aromatic rings. The predicted molar refractivity (Wildman–Crippen MR) is 401 cm³/mol. The van der Waals surface area contributed by atoms with Crippen LogP contribution >= 0.6 is 27.7 Å². The van der Waals surface area contributed by atoms with Crippen molar-refractivity contribution in [3.8, 4) is 34.5 Å². The molecule has 0 radical (unpaired) electrons. The molecule has 12 bridgehead atoms. The van der Waals surface area contributed by atoms with Gasteiger partial charge in [0.25, 0.3) is 0 Å². The van der Waals surface area contributed by atoms with E-state index in [1.807, 2.05) is 11.8 Å². The summed E-state index contributed by atoms with van der Waals surface area (Å²) in [5, 5.41) is 0. The molecule has 7 aromatic carbocycles. The van der Waals surface area contributed by atoms with Crippen molar-refractivity contribution in [3.63, 3.8) is 0 Å². The van der Waals surface area contributed by atoms with Crippen LogP contribution in [0.1, 0.15) is 284 Å². The van der Waals surface area contributed by atoms with Crippen molar-refractivity contribution in [3.05, 3.63) is 201 Å². The molecule has 0 aromatic heterocycles. The second-order valence-corrected chi connectivity index (χ2v) is 36.6. The van der Waals surface area contributed by atoms with Gasteiger partial charge in [-0.2, -0.15) is 0 Å². The molecule has 0 atom stereocenters. The van der Waals surface area contributed by atoms with Crippen molar-refractivity contribution >= 4 is 27.7 Å². The predicted octanol–water partition coefficient (Wildman–Crippen LogP) is 23.0. The van der Waals surface area contributed by atoms with Gasteiger partial charge < -0.3 is 28.4 Å². The number of thioether (sulfide) groups is 1. The summed E-state index contributed by atoms with van der Waals surface area (Å²) in [6.45, 7) is 60.2. The third kappa shape index (κ3) is 16.8. The molecule has 0 unspecified atom stereocenters. The SMILES string of the molecule is CCOc1c2cc(C(C)(C)C)cc1Cc1cc(C(C)(C)C)cc3c1OCc1cc(Br)cc(c1SC(C)(C)C)COc1c(cc(C(C)(C)C)cc1Cc1cc(C(C)(C)C)cc(c1OCC)Cc1cc(C(C)(C)C)cc(c1OCC)C3)Cc1cc(C(C)(C)C)cc(c1OCC)C2. The fourth-order valence-corrected chi connectivity index (χ4v) is 14.9. The van der Waals surface area contributed by atoms with E-state index in [0.717, 1.165) is 122 Å². The van der Waals surface area contributed by atoms with E-state index in [2.05, 4.69) is 274 Å². The molecule has 0 aliphatic carbocycles. The fourth-order valence-electron chi connectivity index (χ4n) is 13.3. The van der Waals surface area contributed by atoms with Crippen molar-refractivity contribution in [2.75, 3.05) is 26.4 Å². The third-order valence-corrected chi connectivity index (χ3v) is 20.3. The number of hydrogen-bond donors (Lipinski definition) is 0. The molecule has 2 aliphatic rings. The fraction of sp³-hybridized carbons (Fsp3) is 0.512. The minimum absolute atomic E-state index is 0.165.